The molecule has 5 nitrogen and oxygen atoms in total. The van der Waals surface area contributed by atoms with Crippen molar-refractivity contribution in [1.82, 2.24) is 4.90 Å². The standard InChI is InChI=1S/C13H17NO4.ClH/c1-9(7-14(2)3)18-13(15)10-4-5-11-12(6-10)17-8-16-11;/h4-6,9H,7-8H2,1-3H3;1H. The summed E-state index contributed by atoms with van der Waals surface area (Å²) in [6.07, 6.45) is -0.155. The quantitative estimate of drug-likeness (QED) is 0.792. The predicted molar refractivity (Wildman–Crippen MR) is 73.2 cm³/mol. The second-order valence-electron chi connectivity index (χ2n) is 4.55. The molecule has 0 amide bonds. The van der Waals surface area contributed by atoms with Crippen molar-refractivity contribution >= 4 is 18.4 Å². The molecule has 19 heavy (non-hydrogen) atoms. The monoisotopic (exact) mass is 287 g/mol. The van der Waals surface area contributed by atoms with Gasteiger partial charge < -0.3 is 19.1 Å². The Bertz CT molecular complexity index is 450. The lowest BCUT2D eigenvalue weighted by Gasteiger charge is -2.17. The molecule has 0 bridgehead atoms. The zero-order valence-electron chi connectivity index (χ0n) is 11.2. The van der Waals surface area contributed by atoms with E-state index in [-0.39, 0.29) is 31.3 Å². The Morgan fingerprint density at radius 3 is 2.74 bits per heavy atom. The Morgan fingerprint density at radius 2 is 2.05 bits per heavy atom. The van der Waals surface area contributed by atoms with E-state index in [0.29, 0.717) is 23.6 Å². The van der Waals surface area contributed by atoms with E-state index in [1.54, 1.807) is 18.2 Å². The highest BCUT2D eigenvalue weighted by atomic mass is 35.5. The lowest BCUT2D eigenvalue weighted by Crippen LogP contribution is -2.28. The van der Waals surface area contributed by atoms with E-state index < -0.39 is 0 Å². The molecule has 1 aromatic carbocycles. The summed E-state index contributed by atoms with van der Waals surface area (Å²) in [5.41, 5.74) is 0.477. The molecule has 0 aliphatic carbocycles. The summed E-state index contributed by atoms with van der Waals surface area (Å²) < 4.78 is 15.7. The lowest BCUT2D eigenvalue weighted by molar-refractivity contribution is 0.0288. The number of likely N-dealkylation sites (N-methyl/N-ethyl adjacent to an activating group) is 1. The van der Waals surface area contributed by atoms with Gasteiger partial charge in [-0.1, -0.05) is 0 Å². The SMILES string of the molecule is CC(CN(C)C)OC(=O)c1ccc2c(c1)OCO2.Cl. The molecule has 0 fully saturated rings. The van der Waals surface area contributed by atoms with Crippen molar-refractivity contribution in [3.05, 3.63) is 23.8 Å². The van der Waals surface area contributed by atoms with Gasteiger partial charge in [-0.15, -0.1) is 12.4 Å². The minimum absolute atomic E-state index is 0. The molecule has 0 aromatic heterocycles. The number of carbonyl (C=O) groups excluding carboxylic acids is 1. The first kappa shape index (κ1) is 15.6. The van der Waals surface area contributed by atoms with E-state index in [0.717, 1.165) is 0 Å². The van der Waals surface area contributed by atoms with Gasteiger partial charge in [-0.25, -0.2) is 4.79 Å². The Morgan fingerprint density at radius 1 is 1.37 bits per heavy atom. The minimum Gasteiger partial charge on any atom is -0.458 e. The molecule has 0 radical (unpaired) electrons. The van der Waals surface area contributed by atoms with Crippen molar-refractivity contribution in [3.63, 3.8) is 0 Å². The van der Waals surface area contributed by atoms with E-state index in [1.807, 2.05) is 25.9 Å². The van der Waals surface area contributed by atoms with Crippen LogP contribution in [0.5, 0.6) is 11.5 Å². The summed E-state index contributed by atoms with van der Waals surface area (Å²) in [5.74, 6) is 0.903. The van der Waals surface area contributed by atoms with Crippen LogP contribution in [0.2, 0.25) is 0 Å². The summed E-state index contributed by atoms with van der Waals surface area (Å²) >= 11 is 0. The lowest BCUT2D eigenvalue weighted by atomic mass is 10.2. The van der Waals surface area contributed by atoms with Crippen LogP contribution in [0.3, 0.4) is 0 Å². The average molecular weight is 288 g/mol. The van der Waals surface area contributed by atoms with Crippen molar-refractivity contribution < 1.29 is 19.0 Å². The summed E-state index contributed by atoms with van der Waals surface area (Å²) in [4.78, 5) is 13.9. The number of benzene rings is 1. The first-order valence-electron chi connectivity index (χ1n) is 5.81. The third-order valence-corrected chi connectivity index (χ3v) is 2.54. The largest absolute Gasteiger partial charge is 0.458 e. The number of esters is 1. The zero-order valence-corrected chi connectivity index (χ0v) is 12.0. The molecule has 1 heterocycles. The molecule has 1 aliphatic heterocycles. The first-order valence-corrected chi connectivity index (χ1v) is 5.81. The smallest absolute Gasteiger partial charge is 0.338 e. The molecule has 1 atom stereocenters. The number of hydrogen-bond acceptors (Lipinski definition) is 5. The predicted octanol–water partition coefficient (Wildman–Crippen LogP) is 1.94. The van der Waals surface area contributed by atoms with Crippen LogP contribution < -0.4 is 9.47 Å². The molecule has 0 saturated carbocycles. The number of fused-ring (bicyclic) bond motifs is 1. The number of rotatable bonds is 4. The normalized spacial score (nSPS) is 13.9. The van der Waals surface area contributed by atoms with Crippen LogP contribution in [-0.4, -0.2) is 44.4 Å². The maximum absolute atomic E-state index is 11.9. The van der Waals surface area contributed by atoms with Crippen molar-refractivity contribution in [2.24, 2.45) is 0 Å². The molecule has 1 unspecified atom stereocenters. The Hall–Kier alpha value is -1.46. The third-order valence-electron chi connectivity index (χ3n) is 2.54. The Balaban J connectivity index is 0.00000180. The van der Waals surface area contributed by atoms with Crippen LogP contribution in [0.25, 0.3) is 0 Å². The second-order valence-corrected chi connectivity index (χ2v) is 4.55. The molecule has 106 valence electrons. The molecule has 2 rings (SSSR count). The van der Waals surface area contributed by atoms with Crippen molar-refractivity contribution in [2.75, 3.05) is 27.4 Å². The van der Waals surface area contributed by atoms with E-state index >= 15 is 0 Å². The Kier molecular flexibility index (Phi) is 5.44. The van der Waals surface area contributed by atoms with Gasteiger partial charge in [0.25, 0.3) is 0 Å². The van der Waals surface area contributed by atoms with Crippen molar-refractivity contribution in [2.45, 2.75) is 13.0 Å². The van der Waals surface area contributed by atoms with Gasteiger partial charge in [0.05, 0.1) is 5.56 Å². The van der Waals surface area contributed by atoms with Crippen LogP contribution in [-0.2, 0) is 4.74 Å². The molecular formula is C13H18ClNO4. The maximum Gasteiger partial charge on any atom is 0.338 e. The number of nitrogens with zero attached hydrogens (tertiary/aromatic N) is 1. The van der Waals surface area contributed by atoms with E-state index in [4.69, 9.17) is 14.2 Å². The summed E-state index contributed by atoms with van der Waals surface area (Å²) in [7, 11) is 3.87. The molecule has 1 aliphatic rings. The van der Waals surface area contributed by atoms with Crippen molar-refractivity contribution in [3.8, 4) is 11.5 Å². The highest BCUT2D eigenvalue weighted by Gasteiger charge is 2.18. The highest BCUT2D eigenvalue weighted by Crippen LogP contribution is 2.32. The molecular weight excluding hydrogens is 270 g/mol. The van der Waals surface area contributed by atoms with Gasteiger partial charge in [-0.2, -0.15) is 0 Å². The zero-order chi connectivity index (χ0) is 13.1. The third kappa shape index (κ3) is 4.01. The summed E-state index contributed by atoms with van der Waals surface area (Å²) in [5, 5.41) is 0. The van der Waals surface area contributed by atoms with Gasteiger partial charge in [0.1, 0.15) is 6.10 Å². The van der Waals surface area contributed by atoms with Crippen LogP contribution in [0.4, 0.5) is 0 Å². The van der Waals surface area contributed by atoms with Gasteiger partial charge in [-0.3, -0.25) is 0 Å². The van der Waals surface area contributed by atoms with Gasteiger partial charge in [0.15, 0.2) is 11.5 Å². The van der Waals surface area contributed by atoms with Crippen LogP contribution in [0.15, 0.2) is 18.2 Å². The number of hydrogen-bond donors (Lipinski definition) is 0. The fourth-order valence-corrected chi connectivity index (χ4v) is 1.83. The molecule has 0 saturated heterocycles. The number of ether oxygens (including phenoxy) is 3. The fraction of sp³-hybridized carbons (Fsp3) is 0.462. The van der Waals surface area contributed by atoms with Crippen molar-refractivity contribution in [1.29, 1.82) is 0 Å². The number of carbonyl (C=O) groups is 1. The van der Waals surface area contributed by atoms with Gasteiger partial charge >= 0.3 is 5.97 Å². The maximum atomic E-state index is 11.9. The number of halogens is 1. The van der Waals surface area contributed by atoms with Gasteiger partial charge in [0.2, 0.25) is 6.79 Å². The molecule has 1 aromatic rings. The topological polar surface area (TPSA) is 48.0 Å². The molecule has 0 N–H and O–H groups in total. The van der Waals surface area contributed by atoms with Gasteiger partial charge in [0, 0.05) is 6.54 Å². The van der Waals surface area contributed by atoms with Crippen LogP contribution in [0.1, 0.15) is 17.3 Å². The Labute approximate surface area is 118 Å². The van der Waals surface area contributed by atoms with Gasteiger partial charge in [-0.05, 0) is 39.2 Å². The molecule has 0 spiro atoms. The van der Waals surface area contributed by atoms with E-state index in [9.17, 15) is 4.79 Å². The van der Waals surface area contributed by atoms with Crippen LogP contribution >= 0.6 is 12.4 Å². The fourth-order valence-electron chi connectivity index (χ4n) is 1.83. The second kappa shape index (κ2) is 6.63. The summed E-state index contributed by atoms with van der Waals surface area (Å²) in [6, 6.07) is 5.04. The average Bonchev–Trinajstić information content (AvgIpc) is 2.74. The minimum atomic E-state index is -0.345. The summed E-state index contributed by atoms with van der Waals surface area (Å²) in [6.45, 7) is 2.76. The highest BCUT2D eigenvalue weighted by molar-refractivity contribution is 5.90. The first-order chi connectivity index (χ1) is 8.56. The van der Waals surface area contributed by atoms with E-state index in [1.165, 1.54) is 0 Å². The van der Waals surface area contributed by atoms with Crippen LogP contribution in [0, 0.1) is 0 Å². The molecule has 6 heteroatoms. The van der Waals surface area contributed by atoms with E-state index in [2.05, 4.69) is 0 Å².